The van der Waals surface area contributed by atoms with Crippen LogP contribution in [0.2, 0.25) is 0 Å². The molecule has 0 unspecified atom stereocenters. The molecule has 0 aromatic heterocycles. The van der Waals surface area contributed by atoms with E-state index >= 15 is 0 Å². The third-order valence-electron chi connectivity index (χ3n) is 1.82. The fraction of sp³-hybridized carbons (Fsp3) is 1.00. The van der Waals surface area contributed by atoms with Crippen molar-refractivity contribution >= 4 is 0 Å². The predicted molar refractivity (Wildman–Crippen MR) is 58.2 cm³/mol. The third-order valence-corrected chi connectivity index (χ3v) is 1.82. The van der Waals surface area contributed by atoms with Crippen LogP contribution in [0, 0.1) is 0 Å². The van der Waals surface area contributed by atoms with E-state index in [0.29, 0.717) is 13.2 Å². The van der Waals surface area contributed by atoms with Crippen molar-refractivity contribution in [2.45, 2.75) is 33.0 Å². The minimum Gasteiger partial charge on any atom is -0.353 e. The number of nitrogens with one attached hydrogen (secondary N) is 1. The normalized spacial score (nSPS) is 11.1. The molecule has 0 saturated carbocycles. The molecule has 0 fully saturated rings. The lowest BCUT2D eigenvalue weighted by Crippen LogP contribution is -2.26. The lowest BCUT2D eigenvalue weighted by molar-refractivity contribution is -0.138. The van der Waals surface area contributed by atoms with E-state index in [4.69, 9.17) is 15.2 Å². The van der Waals surface area contributed by atoms with Gasteiger partial charge in [-0.25, -0.2) is 0 Å². The zero-order chi connectivity index (χ0) is 10.6. The highest BCUT2D eigenvalue weighted by Gasteiger charge is 2.06. The van der Waals surface area contributed by atoms with Gasteiger partial charge in [-0.2, -0.15) is 0 Å². The van der Waals surface area contributed by atoms with Crippen LogP contribution in [0.1, 0.15) is 26.7 Å². The summed E-state index contributed by atoms with van der Waals surface area (Å²) in [5.74, 6) is 0. The minimum absolute atomic E-state index is 0.0598. The Hall–Kier alpha value is -0.160. The lowest BCUT2D eigenvalue weighted by atomic mass is 10.3. The van der Waals surface area contributed by atoms with Crippen molar-refractivity contribution in [3.05, 3.63) is 0 Å². The van der Waals surface area contributed by atoms with Gasteiger partial charge in [0, 0.05) is 19.6 Å². The van der Waals surface area contributed by atoms with Gasteiger partial charge in [0.25, 0.3) is 0 Å². The fourth-order valence-electron chi connectivity index (χ4n) is 1.16. The van der Waals surface area contributed by atoms with Gasteiger partial charge in [-0.05, 0) is 39.9 Å². The number of hydrogen-bond donors (Lipinski definition) is 2. The first kappa shape index (κ1) is 13.8. The summed E-state index contributed by atoms with van der Waals surface area (Å²) in [4.78, 5) is 0. The summed E-state index contributed by atoms with van der Waals surface area (Å²) in [6.07, 6.45) is 1.86. The third kappa shape index (κ3) is 8.44. The predicted octanol–water partition coefficient (Wildman–Crippen LogP) is 0.714. The SMILES string of the molecule is CCOC(CCNCCCN)OCC. The molecule has 3 N–H and O–H groups in total. The Balaban J connectivity index is 3.30. The maximum Gasteiger partial charge on any atom is 0.158 e. The number of rotatable bonds is 10. The second-order valence-corrected chi connectivity index (χ2v) is 3.02. The summed E-state index contributed by atoms with van der Waals surface area (Å²) >= 11 is 0. The number of hydrogen-bond acceptors (Lipinski definition) is 4. The van der Waals surface area contributed by atoms with Gasteiger partial charge in [0.15, 0.2) is 6.29 Å². The monoisotopic (exact) mass is 204 g/mol. The summed E-state index contributed by atoms with van der Waals surface area (Å²) in [7, 11) is 0. The molecule has 0 aromatic carbocycles. The van der Waals surface area contributed by atoms with Gasteiger partial charge in [0.2, 0.25) is 0 Å². The minimum atomic E-state index is -0.0598. The van der Waals surface area contributed by atoms with Crippen LogP contribution in [0.5, 0.6) is 0 Å². The molecule has 0 aliphatic heterocycles. The van der Waals surface area contributed by atoms with Gasteiger partial charge in [-0.15, -0.1) is 0 Å². The maximum atomic E-state index is 5.40. The van der Waals surface area contributed by atoms with Crippen LogP contribution in [0.25, 0.3) is 0 Å². The molecule has 0 spiro atoms. The van der Waals surface area contributed by atoms with Gasteiger partial charge < -0.3 is 20.5 Å². The molecule has 14 heavy (non-hydrogen) atoms. The number of nitrogens with two attached hydrogens (primary N) is 1. The standard InChI is InChI=1S/C10H24N2O2/c1-3-13-10(14-4-2)6-9-12-8-5-7-11/h10,12H,3-9,11H2,1-2H3. The molecular formula is C10H24N2O2. The van der Waals surface area contributed by atoms with Crippen LogP contribution >= 0.6 is 0 Å². The van der Waals surface area contributed by atoms with Crippen molar-refractivity contribution in [2.75, 3.05) is 32.8 Å². The van der Waals surface area contributed by atoms with E-state index in [2.05, 4.69) is 5.32 Å². The summed E-state index contributed by atoms with van der Waals surface area (Å²) in [5.41, 5.74) is 5.38. The molecule has 0 aromatic rings. The summed E-state index contributed by atoms with van der Waals surface area (Å²) in [6.45, 7) is 8.00. The zero-order valence-corrected chi connectivity index (χ0v) is 9.42. The van der Waals surface area contributed by atoms with Crippen LogP contribution in [-0.2, 0) is 9.47 Å². The summed E-state index contributed by atoms with van der Waals surface area (Å²) in [6, 6.07) is 0. The van der Waals surface area contributed by atoms with Crippen molar-refractivity contribution < 1.29 is 9.47 Å². The van der Waals surface area contributed by atoms with E-state index in [-0.39, 0.29) is 6.29 Å². The van der Waals surface area contributed by atoms with E-state index in [0.717, 1.165) is 32.5 Å². The van der Waals surface area contributed by atoms with E-state index in [1.165, 1.54) is 0 Å². The molecule has 0 heterocycles. The van der Waals surface area contributed by atoms with E-state index in [1.54, 1.807) is 0 Å². The van der Waals surface area contributed by atoms with Crippen LogP contribution < -0.4 is 11.1 Å². The summed E-state index contributed by atoms with van der Waals surface area (Å²) in [5, 5.41) is 3.29. The van der Waals surface area contributed by atoms with E-state index in [9.17, 15) is 0 Å². The van der Waals surface area contributed by atoms with Gasteiger partial charge >= 0.3 is 0 Å². The van der Waals surface area contributed by atoms with E-state index < -0.39 is 0 Å². The van der Waals surface area contributed by atoms with Crippen molar-refractivity contribution in [1.29, 1.82) is 0 Å². The molecule has 0 aliphatic carbocycles. The molecule has 0 radical (unpaired) electrons. The van der Waals surface area contributed by atoms with Gasteiger partial charge in [-0.1, -0.05) is 0 Å². The Morgan fingerprint density at radius 1 is 1.14 bits per heavy atom. The first-order valence-electron chi connectivity index (χ1n) is 5.49. The van der Waals surface area contributed by atoms with Crippen LogP contribution in [0.4, 0.5) is 0 Å². The second kappa shape index (κ2) is 10.9. The average Bonchev–Trinajstić information content (AvgIpc) is 2.18. The van der Waals surface area contributed by atoms with Gasteiger partial charge in [0.05, 0.1) is 0 Å². The summed E-state index contributed by atoms with van der Waals surface area (Å²) < 4.78 is 10.8. The molecule has 0 bridgehead atoms. The fourth-order valence-corrected chi connectivity index (χ4v) is 1.16. The van der Waals surface area contributed by atoms with Gasteiger partial charge in [-0.3, -0.25) is 0 Å². The Kier molecular flexibility index (Phi) is 10.8. The Morgan fingerprint density at radius 3 is 2.29 bits per heavy atom. The van der Waals surface area contributed by atoms with Crippen LogP contribution in [-0.4, -0.2) is 39.1 Å². The topological polar surface area (TPSA) is 56.5 Å². The van der Waals surface area contributed by atoms with E-state index in [1.807, 2.05) is 13.8 Å². The maximum absolute atomic E-state index is 5.40. The van der Waals surface area contributed by atoms with Gasteiger partial charge in [0.1, 0.15) is 0 Å². The first-order valence-corrected chi connectivity index (χ1v) is 5.49. The lowest BCUT2D eigenvalue weighted by Gasteiger charge is -2.16. The molecule has 4 heteroatoms. The van der Waals surface area contributed by atoms with Crippen molar-refractivity contribution in [3.63, 3.8) is 0 Å². The molecule has 4 nitrogen and oxygen atoms in total. The van der Waals surface area contributed by atoms with Crippen molar-refractivity contribution in [3.8, 4) is 0 Å². The second-order valence-electron chi connectivity index (χ2n) is 3.02. The average molecular weight is 204 g/mol. The van der Waals surface area contributed by atoms with Crippen LogP contribution in [0.15, 0.2) is 0 Å². The zero-order valence-electron chi connectivity index (χ0n) is 9.42. The first-order chi connectivity index (χ1) is 6.85. The molecule has 0 amide bonds. The molecule has 0 aliphatic rings. The van der Waals surface area contributed by atoms with Crippen molar-refractivity contribution in [1.82, 2.24) is 5.32 Å². The molecule has 0 saturated heterocycles. The highest BCUT2D eigenvalue weighted by atomic mass is 16.7. The molecule has 0 atom stereocenters. The van der Waals surface area contributed by atoms with Crippen molar-refractivity contribution in [2.24, 2.45) is 5.73 Å². The molecule has 0 rings (SSSR count). The molecule has 86 valence electrons. The van der Waals surface area contributed by atoms with Crippen LogP contribution in [0.3, 0.4) is 0 Å². The Labute approximate surface area is 87.1 Å². The highest BCUT2D eigenvalue weighted by molar-refractivity contribution is 4.52. The Bertz CT molecular complexity index is 106. The smallest absolute Gasteiger partial charge is 0.158 e. The quantitative estimate of drug-likeness (QED) is 0.406. The largest absolute Gasteiger partial charge is 0.353 e. The number of ether oxygens (including phenoxy) is 2. The Morgan fingerprint density at radius 2 is 1.79 bits per heavy atom. The molecular weight excluding hydrogens is 180 g/mol. The highest BCUT2D eigenvalue weighted by Crippen LogP contribution is 1.99.